The smallest absolute Gasteiger partial charge is 0.244 e. The Hall–Kier alpha value is -1.78. The van der Waals surface area contributed by atoms with Gasteiger partial charge in [-0.05, 0) is 0 Å². The molecule has 2 aromatic rings. The van der Waals surface area contributed by atoms with Crippen LogP contribution < -0.4 is 10.0 Å². The van der Waals surface area contributed by atoms with E-state index in [1.807, 2.05) is 13.8 Å². The van der Waals surface area contributed by atoms with Crippen LogP contribution in [0.1, 0.15) is 19.7 Å². The maximum Gasteiger partial charge on any atom is 0.244 e. The van der Waals surface area contributed by atoms with Gasteiger partial charge in [-0.25, -0.2) is 13.1 Å². The normalized spacial score (nSPS) is 12.1. The molecule has 0 aromatic carbocycles. The molecule has 0 saturated heterocycles. The second kappa shape index (κ2) is 6.78. The van der Waals surface area contributed by atoms with Gasteiger partial charge >= 0.3 is 0 Å². The van der Waals surface area contributed by atoms with Gasteiger partial charge in [0.25, 0.3) is 0 Å². The molecule has 0 fully saturated rings. The van der Waals surface area contributed by atoms with Crippen molar-refractivity contribution in [3.05, 3.63) is 24.6 Å². The summed E-state index contributed by atoms with van der Waals surface area (Å²) in [6.07, 6.45) is 3.94. The van der Waals surface area contributed by atoms with E-state index in [0.29, 0.717) is 12.6 Å². The monoisotopic (exact) mass is 314 g/mol. The molecule has 21 heavy (non-hydrogen) atoms. The SMILES string of the molecule is CC(C)NCCn1cc(S(=O)(=O)NCc2ncon2)cn1. The summed E-state index contributed by atoms with van der Waals surface area (Å²) in [5, 5.41) is 10.8. The molecule has 0 atom stereocenters. The van der Waals surface area contributed by atoms with E-state index in [4.69, 9.17) is 0 Å². The second-order valence-corrected chi connectivity index (χ2v) is 6.49. The Morgan fingerprint density at radius 3 is 2.90 bits per heavy atom. The molecular weight excluding hydrogens is 296 g/mol. The van der Waals surface area contributed by atoms with E-state index < -0.39 is 10.0 Å². The molecule has 10 heteroatoms. The maximum absolute atomic E-state index is 12.1. The van der Waals surface area contributed by atoms with Crippen LogP contribution in [-0.4, -0.2) is 40.9 Å². The lowest BCUT2D eigenvalue weighted by atomic mass is 10.4. The zero-order chi connectivity index (χ0) is 15.3. The Kier molecular flexibility index (Phi) is 5.04. The first-order valence-electron chi connectivity index (χ1n) is 6.48. The third-order valence-corrected chi connectivity index (χ3v) is 4.00. The standard InChI is InChI=1S/C11H18N6O3S/c1-9(2)12-3-4-17-7-10(5-14-17)21(18,19)15-6-11-13-8-20-16-11/h5,7-9,12,15H,3-4,6H2,1-2H3. The van der Waals surface area contributed by atoms with Crippen molar-refractivity contribution in [3.8, 4) is 0 Å². The van der Waals surface area contributed by atoms with Gasteiger partial charge in [-0.2, -0.15) is 10.1 Å². The highest BCUT2D eigenvalue weighted by Gasteiger charge is 2.17. The predicted octanol–water partition coefficient (Wildman–Crippen LogP) is -0.257. The molecule has 9 nitrogen and oxygen atoms in total. The highest BCUT2D eigenvalue weighted by atomic mass is 32.2. The Labute approximate surface area is 122 Å². The van der Waals surface area contributed by atoms with Crippen molar-refractivity contribution in [2.75, 3.05) is 6.54 Å². The molecule has 2 aromatic heterocycles. The summed E-state index contributed by atoms with van der Waals surface area (Å²) in [5.74, 6) is 0.270. The number of nitrogens with zero attached hydrogens (tertiary/aromatic N) is 4. The molecule has 2 N–H and O–H groups in total. The third-order valence-electron chi connectivity index (χ3n) is 2.64. The van der Waals surface area contributed by atoms with Gasteiger partial charge in [0.15, 0.2) is 5.82 Å². The van der Waals surface area contributed by atoms with Crippen LogP contribution in [0.15, 0.2) is 28.2 Å². The minimum absolute atomic E-state index is 0.0289. The van der Waals surface area contributed by atoms with Gasteiger partial charge in [-0.1, -0.05) is 19.0 Å². The minimum atomic E-state index is -3.63. The quantitative estimate of drug-likeness (QED) is 0.690. The molecule has 0 aliphatic rings. The summed E-state index contributed by atoms with van der Waals surface area (Å²) in [4.78, 5) is 3.85. The van der Waals surface area contributed by atoms with E-state index in [0.717, 1.165) is 12.9 Å². The fourth-order valence-corrected chi connectivity index (χ4v) is 2.52. The lowest BCUT2D eigenvalue weighted by Crippen LogP contribution is -2.27. The van der Waals surface area contributed by atoms with Crippen molar-refractivity contribution < 1.29 is 12.9 Å². The van der Waals surface area contributed by atoms with Crippen molar-refractivity contribution in [3.63, 3.8) is 0 Å². The average Bonchev–Trinajstić information content (AvgIpc) is 3.07. The number of hydrogen-bond donors (Lipinski definition) is 2. The van der Waals surface area contributed by atoms with Gasteiger partial charge in [0.05, 0.1) is 19.3 Å². The van der Waals surface area contributed by atoms with Gasteiger partial charge in [0.2, 0.25) is 16.4 Å². The summed E-state index contributed by atoms with van der Waals surface area (Å²) in [7, 11) is -3.63. The Bertz CT molecular complexity index is 649. The van der Waals surface area contributed by atoms with E-state index >= 15 is 0 Å². The van der Waals surface area contributed by atoms with Crippen LogP contribution in [0.2, 0.25) is 0 Å². The summed E-state index contributed by atoms with van der Waals surface area (Å²) in [6.45, 7) is 5.37. The van der Waals surface area contributed by atoms with Crippen LogP contribution in [0.25, 0.3) is 0 Å². The van der Waals surface area contributed by atoms with Crippen LogP contribution in [0.3, 0.4) is 0 Å². The van der Waals surface area contributed by atoms with E-state index in [-0.39, 0.29) is 17.3 Å². The molecule has 2 rings (SSSR count). The first-order valence-corrected chi connectivity index (χ1v) is 7.96. The lowest BCUT2D eigenvalue weighted by Gasteiger charge is -2.07. The van der Waals surface area contributed by atoms with Crippen molar-refractivity contribution in [2.24, 2.45) is 0 Å². The summed E-state index contributed by atoms with van der Waals surface area (Å²) in [5.41, 5.74) is 0. The third kappa shape index (κ3) is 4.62. The zero-order valence-corrected chi connectivity index (χ0v) is 12.7. The van der Waals surface area contributed by atoms with Gasteiger partial charge in [0.1, 0.15) is 4.90 Å². The minimum Gasteiger partial charge on any atom is -0.343 e. The molecule has 0 saturated carbocycles. The van der Waals surface area contributed by atoms with E-state index in [2.05, 4.69) is 29.8 Å². The van der Waals surface area contributed by atoms with Crippen LogP contribution in [0, 0.1) is 0 Å². The molecular formula is C11H18N6O3S. The lowest BCUT2D eigenvalue weighted by molar-refractivity contribution is 0.409. The van der Waals surface area contributed by atoms with E-state index in [1.54, 1.807) is 4.68 Å². The fourth-order valence-electron chi connectivity index (χ4n) is 1.59. The number of sulfonamides is 1. The number of nitrogens with one attached hydrogen (secondary N) is 2. The number of aromatic nitrogens is 4. The summed E-state index contributed by atoms with van der Waals surface area (Å²) < 4.78 is 32.6. The zero-order valence-electron chi connectivity index (χ0n) is 11.9. The van der Waals surface area contributed by atoms with E-state index in [9.17, 15) is 8.42 Å². The highest BCUT2D eigenvalue weighted by Crippen LogP contribution is 2.07. The molecule has 0 aliphatic heterocycles. The van der Waals surface area contributed by atoms with Crippen molar-refractivity contribution >= 4 is 10.0 Å². The van der Waals surface area contributed by atoms with Gasteiger partial charge in [-0.15, -0.1) is 0 Å². The van der Waals surface area contributed by atoms with Crippen LogP contribution in [0.5, 0.6) is 0 Å². The molecule has 2 heterocycles. The Morgan fingerprint density at radius 1 is 1.43 bits per heavy atom. The predicted molar refractivity (Wildman–Crippen MR) is 73.7 cm³/mol. The molecule has 0 aliphatic carbocycles. The van der Waals surface area contributed by atoms with Crippen LogP contribution in [-0.2, 0) is 23.1 Å². The van der Waals surface area contributed by atoms with Crippen molar-refractivity contribution in [1.82, 2.24) is 30.0 Å². The number of hydrogen-bond acceptors (Lipinski definition) is 7. The molecule has 116 valence electrons. The Balaban J connectivity index is 1.92. The molecule has 0 unspecified atom stereocenters. The van der Waals surface area contributed by atoms with Gasteiger partial charge in [-0.3, -0.25) is 4.68 Å². The molecule has 0 amide bonds. The first kappa shape index (κ1) is 15.6. The number of rotatable bonds is 8. The first-order chi connectivity index (χ1) is 9.97. The topological polar surface area (TPSA) is 115 Å². The van der Waals surface area contributed by atoms with Crippen molar-refractivity contribution in [2.45, 2.75) is 37.9 Å². The average molecular weight is 314 g/mol. The van der Waals surface area contributed by atoms with E-state index in [1.165, 1.54) is 12.4 Å². The maximum atomic E-state index is 12.1. The summed E-state index contributed by atoms with van der Waals surface area (Å²) in [6, 6.07) is 0.375. The van der Waals surface area contributed by atoms with Crippen molar-refractivity contribution in [1.29, 1.82) is 0 Å². The van der Waals surface area contributed by atoms with Gasteiger partial charge in [0, 0.05) is 18.8 Å². The second-order valence-electron chi connectivity index (χ2n) is 4.72. The van der Waals surface area contributed by atoms with Crippen LogP contribution >= 0.6 is 0 Å². The summed E-state index contributed by atoms with van der Waals surface area (Å²) >= 11 is 0. The molecule has 0 radical (unpaired) electrons. The largest absolute Gasteiger partial charge is 0.343 e. The van der Waals surface area contributed by atoms with Crippen LogP contribution in [0.4, 0.5) is 0 Å². The van der Waals surface area contributed by atoms with Gasteiger partial charge < -0.3 is 9.84 Å². The molecule has 0 bridgehead atoms. The molecule has 0 spiro atoms. The highest BCUT2D eigenvalue weighted by molar-refractivity contribution is 7.89. The fraction of sp³-hybridized carbons (Fsp3) is 0.545. The Morgan fingerprint density at radius 2 is 2.24 bits per heavy atom.